The van der Waals surface area contributed by atoms with Crippen LogP contribution in [0, 0.1) is 0 Å². The van der Waals surface area contributed by atoms with Crippen LogP contribution in [0.25, 0.3) is 0 Å². The smallest absolute Gasteiger partial charge is 0.258 e. The minimum Gasteiger partial charge on any atom is -0.490 e. The van der Waals surface area contributed by atoms with Gasteiger partial charge in [0.05, 0.1) is 5.56 Å². The number of fused-ring (bicyclic) bond motifs is 1. The van der Waals surface area contributed by atoms with Crippen molar-refractivity contribution in [3.8, 4) is 11.5 Å². The van der Waals surface area contributed by atoms with E-state index < -0.39 is 5.66 Å². The molecule has 1 atom stereocenters. The molecular formula is C27H30N2O4. The maximum absolute atomic E-state index is 13.5. The van der Waals surface area contributed by atoms with Crippen LogP contribution in [0.2, 0.25) is 0 Å². The third-order valence-corrected chi connectivity index (χ3v) is 5.82. The van der Waals surface area contributed by atoms with Gasteiger partial charge in [-0.1, -0.05) is 48.5 Å². The molecule has 0 saturated carbocycles. The summed E-state index contributed by atoms with van der Waals surface area (Å²) >= 11 is 0. The Kier molecular flexibility index (Phi) is 7.15. The van der Waals surface area contributed by atoms with Gasteiger partial charge in [-0.15, -0.1) is 0 Å². The van der Waals surface area contributed by atoms with Crippen molar-refractivity contribution in [2.45, 2.75) is 19.0 Å². The number of methoxy groups -OCH3 is 1. The van der Waals surface area contributed by atoms with Crippen LogP contribution in [0.4, 0.5) is 5.69 Å². The van der Waals surface area contributed by atoms with E-state index in [1.54, 1.807) is 7.11 Å². The van der Waals surface area contributed by atoms with Crippen LogP contribution < -0.4 is 14.8 Å². The zero-order chi connectivity index (χ0) is 23.1. The van der Waals surface area contributed by atoms with Gasteiger partial charge in [0.2, 0.25) is 0 Å². The normalized spacial score (nSPS) is 17.3. The molecule has 6 nitrogen and oxygen atoms in total. The lowest BCUT2D eigenvalue weighted by molar-refractivity contribution is 0.0497. The Morgan fingerprint density at radius 3 is 2.36 bits per heavy atom. The Hall–Kier alpha value is -3.51. The number of carbonyl (C=O) groups is 1. The van der Waals surface area contributed by atoms with Crippen LogP contribution in [0.5, 0.6) is 11.5 Å². The molecule has 0 bridgehead atoms. The second kappa shape index (κ2) is 10.4. The fourth-order valence-corrected chi connectivity index (χ4v) is 4.18. The summed E-state index contributed by atoms with van der Waals surface area (Å²) < 4.78 is 17.2. The SMILES string of the molecule is COCCCN1C(=O)c2ccccc2NC1(C)c1ccccc1OCCOc1ccccc1. The van der Waals surface area contributed by atoms with Gasteiger partial charge < -0.3 is 24.4 Å². The first-order chi connectivity index (χ1) is 16.1. The summed E-state index contributed by atoms with van der Waals surface area (Å²) in [4.78, 5) is 15.4. The number of hydrogen-bond donors (Lipinski definition) is 1. The fraction of sp³-hybridized carbons (Fsp3) is 0.296. The number of ether oxygens (including phenoxy) is 3. The maximum Gasteiger partial charge on any atom is 0.258 e. The molecule has 1 heterocycles. The lowest BCUT2D eigenvalue weighted by Gasteiger charge is -2.47. The van der Waals surface area contributed by atoms with Crippen LogP contribution in [0.3, 0.4) is 0 Å². The summed E-state index contributed by atoms with van der Waals surface area (Å²) in [5.74, 6) is 1.51. The van der Waals surface area contributed by atoms with Crippen LogP contribution in [0.1, 0.15) is 29.3 Å². The molecule has 1 aliphatic heterocycles. The number of benzene rings is 3. The van der Waals surface area contributed by atoms with Crippen LogP contribution in [-0.4, -0.2) is 44.3 Å². The van der Waals surface area contributed by atoms with Crippen molar-refractivity contribution >= 4 is 11.6 Å². The number of hydrogen-bond acceptors (Lipinski definition) is 5. The first-order valence-electron chi connectivity index (χ1n) is 11.2. The fourth-order valence-electron chi connectivity index (χ4n) is 4.18. The summed E-state index contributed by atoms with van der Waals surface area (Å²) in [7, 11) is 1.67. The van der Waals surface area contributed by atoms with Gasteiger partial charge in [-0.2, -0.15) is 0 Å². The Labute approximate surface area is 195 Å². The van der Waals surface area contributed by atoms with E-state index in [4.69, 9.17) is 14.2 Å². The zero-order valence-electron chi connectivity index (χ0n) is 19.1. The van der Waals surface area contributed by atoms with Gasteiger partial charge in [0.1, 0.15) is 30.4 Å². The monoisotopic (exact) mass is 446 g/mol. The molecule has 0 spiro atoms. The van der Waals surface area contributed by atoms with Crippen molar-refractivity contribution in [2.24, 2.45) is 0 Å². The van der Waals surface area contributed by atoms with Gasteiger partial charge >= 0.3 is 0 Å². The molecule has 1 amide bonds. The largest absolute Gasteiger partial charge is 0.490 e. The van der Waals surface area contributed by atoms with Gasteiger partial charge in [-0.3, -0.25) is 4.79 Å². The standard InChI is InChI=1S/C27H30N2O4/c1-27(28-24-15-8-6-13-22(24)26(30)29(27)17-10-18-31-2)23-14-7-9-16-25(23)33-20-19-32-21-11-4-3-5-12-21/h3-9,11-16,28H,10,17-20H2,1-2H3. The number of nitrogens with one attached hydrogen (secondary N) is 1. The Morgan fingerprint density at radius 2 is 1.55 bits per heavy atom. The molecule has 0 fully saturated rings. The number of carbonyl (C=O) groups excluding carboxylic acids is 1. The van der Waals surface area contributed by atoms with E-state index >= 15 is 0 Å². The van der Waals surface area contributed by atoms with Crippen LogP contribution in [0.15, 0.2) is 78.9 Å². The number of rotatable bonds is 10. The third kappa shape index (κ3) is 4.96. The van der Waals surface area contributed by atoms with E-state index in [-0.39, 0.29) is 5.91 Å². The minimum atomic E-state index is -0.782. The van der Waals surface area contributed by atoms with Gasteiger partial charge in [-0.05, 0) is 43.7 Å². The summed E-state index contributed by atoms with van der Waals surface area (Å²) in [6, 6.07) is 25.1. The molecule has 0 aliphatic carbocycles. The van der Waals surface area contributed by atoms with Crippen molar-refractivity contribution in [1.29, 1.82) is 0 Å². The second-order valence-corrected chi connectivity index (χ2v) is 8.05. The summed E-state index contributed by atoms with van der Waals surface area (Å²) in [6.45, 7) is 3.96. The molecule has 0 radical (unpaired) electrons. The average molecular weight is 447 g/mol. The predicted molar refractivity (Wildman–Crippen MR) is 129 cm³/mol. The molecule has 172 valence electrons. The second-order valence-electron chi connectivity index (χ2n) is 8.05. The van der Waals surface area contributed by atoms with Crippen molar-refractivity contribution in [3.05, 3.63) is 90.0 Å². The first kappa shape index (κ1) is 22.7. The lowest BCUT2D eigenvalue weighted by Crippen LogP contribution is -2.56. The third-order valence-electron chi connectivity index (χ3n) is 5.82. The van der Waals surface area contributed by atoms with Crippen LogP contribution in [-0.2, 0) is 10.4 Å². The molecule has 1 N–H and O–H groups in total. The van der Waals surface area contributed by atoms with E-state index in [0.717, 1.165) is 23.4 Å². The van der Waals surface area contributed by atoms with Crippen molar-refractivity contribution in [1.82, 2.24) is 4.90 Å². The highest BCUT2D eigenvalue weighted by Crippen LogP contribution is 2.41. The number of nitrogens with zero attached hydrogens (tertiary/aromatic N) is 1. The van der Waals surface area contributed by atoms with Gasteiger partial charge in [0, 0.05) is 31.5 Å². The Morgan fingerprint density at radius 1 is 0.848 bits per heavy atom. The highest BCUT2D eigenvalue weighted by molar-refractivity contribution is 6.02. The molecule has 3 aromatic rings. The molecular weight excluding hydrogens is 416 g/mol. The number of para-hydroxylation sites is 3. The van der Waals surface area contributed by atoms with Crippen molar-refractivity contribution in [3.63, 3.8) is 0 Å². The topological polar surface area (TPSA) is 60.0 Å². The van der Waals surface area contributed by atoms with Crippen molar-refractivity contribution in [2.75, 3.05) is 38.8 Å². The molecule has 0 aromatic heterocycles. The van der Waals surface area contributed by atoms with E-state index in [1.807, 2.05) is 90.7 Å². The number of anilines is 1. The molecule has 6 heteroatoms. The van der Waals surface area contributed by atoms with E-state index in [1.165, 1.54) is 0 Å². The van der Waals surface area contributed by atoms with Crippen LogP contribution >= 0.6 is 0 Å². The molecule has 3 aromatic carbocycles. The van der Waals surface area contributed by atoms with E-state index in [0.29, 0.717) is 37.7 Å². The summed E-state index contributed by atoms with van der Waals surface area (Å²) in [5.41, 5.74) is 1.60. The van der Waals surface area contributed by atoms with Gasteiger partial charge in [0.15, 0.2) is 0 Å². The summed E-state index contributed by atoms with van der Waals surface area (Å²) in [5, 5.41) is 3.61. The molecule has 4 rings (SSSR count). The summed E-state index contributed by atoms with van der Waals surface area (Å²) in [6.07, 6.45) is 0.732. The van der Waals surface area contributed by atoms with Gasteiger partial charge in [0.25, 0.3) is 5.91 Å². The maximum atomic E-state index is 13.5. The average Bonchev–Trinajstić information content (AvgIpc) is 2.85. The molecule has 0 saturated heterocycles. The minimum absolute atomic E-state index is 0.00910. The molecule has 1 unspecified atom stereocenters. The van der Waals surface area contributed by atoms with Gasteiger partial charge in [-0.25, -0.2) is 0 Å². The van der Waals surface area contributed by atoms with E-state index in [9.17, 15) is 4.79 Å². The lowest BCUT2D eigenvalue weighted by atomic mass is 9.92. The first-order valence-corrected chi connectivity index (χ1v) is 11.2. The molecule has 33 heavy (non-hydrogen) atoms. The predicted octanol–water partition coefficient (Wildman–Crippen LogP) is 4.92. The number of amides is 1. The highest BCUT2D eigenvalue weighted by atomic mass is 16.5. The quantitative estimate of drug-likeness (QED) is 0.448. The molecule has 1 aliphatic rings. The Bertz CT molecular complexity index is 1070. The highest BCUT2D eigenvalue weighted by Gasteiger charge is 2.43. The van der Waals surface area contributed by atoms with E-state index in [2.05, 4.69) is 5.32 Å². The van der Waals surface area contributed by atoms with Crippen molar-refractivity contribution < 1.29 is 19.0 Å². The zero-order valence-corrected chi connectivity index (χ0v) is 19.1. The Balaban J connectivity index is 1.58.